The Morgan fingerprint density at radius 1 is 1.31 bits per heavy atom. The van der Waals surface area contributed by atoms with Crippen LogP contribution in [-0.2, 0) is 9.84 Å². The van der Waals surface area contributed by atoms with Crippen LogP contribution in [0.5, 0.6) is 0 Å². The molecule has 0 amide bonds. The summed E-state index contributed by atoms with van der Waals surface area (Å²) in [5.41, 5.74) is 5.62. The number of likely N-dealkylation sites (tertiary alicyclic amines) is 1. The molecule has 5 heteroatoms. The fourth-order valence-corrected chi connectivity index (χ4v) is 2.92. The van der Waals surface area contributed by atoms with Gasteiger partial charge in [0, 0.05) is 6.54 Å². The van der Waals surface area contributed by atoms with Crippen molar-refractivity contribution in [2.45, 2.75) is 31.9 Å². The van der Waals surface area contributed by atoms with Crippen molar-refractivity contribution in [2.75, 3.05) is 31.9 Å². The summed E-state index contributed by atoms with van der Waals surface area (Å²) in [5, 5.41) is -0.255. The molecule has 0 aliphatic carbocycles. The first-order valence-corrected chi connectivity index (χ1v) is 7.81. The summed E-state index contributed by atoms with van der Waals surface area (Å²) in [6, 6.07) is 0. The summed E-state index contributed by atoms with van der Waals surface area (Å²) < 4.78 is 23.3. The normalized spacial score (nSPS) is 20.5. The Hall–Kier alpha value is -0.130. The SMILES string of the molecule is CC(C)S(=O)(=O)CCN1CCC(CN)CC1. The van der Waals surface area contributed by atoms with Crippen molar-refractivity contribution in [3.63, 3.8) is 0 Å². The summed E-state index contributed by atoms with van der Waals surface area (Å²) in [6.45, 7) is 6.92. The van der Waals surface area contributed by atoms with Crippen molar-refractivity contribution >= 4 is 9.84 Å². The van der Waals surface area contributed by atoms with E-state index in [9.17, 15) is 8.42 Å². The van der Waals surface area contributed by atoms with Crippen LogP contribution in [0, 0.1) is 5.92 Å². The Kier molecular flexibility index (Phi) is 5.21. The van der Waals surface area contributed by atoms with Crippen LogP contribution in [0.4, 0.5) is 0 Å². The van der Waals surface area contributed by atoms with Gasteiger partial charge < -0.3 is 10.6 Å². The van der Waals surface area contributed by atoms with E-state index in [0.29, 0.717) is 12.5 Å². The molecule has 0 radical (unpaired) electrons. The van der Waals surface area contributed by atoms with Crippen molar-refractivity contribution in [3.05, 3.63) is 0 Å². The minimum absolute atomic E-state index is 0.255. The molecular weight excluding hydrogens is 224 g/mol. The van der Waals surface area contributed by atoms with E-state index in [1.165, 1.54) is 0 Å². The maximum atomic E-state index is 11.6. The molecule has 1 rings (SSSR count). The predicted octanol–water partition coefficient (Wildman–Crippen LogP) is 0.480. The minimum Gasteiger partial charge on any atom is -0.330 e. The second-order valence-corrected chi connectivity index (χ2v) is 7.61. The van der Waals surface area contributed by atoms with Gasteiger partial charge in [0.25, 0.3) is 0 Å². The van der Waals surface area contributed by atoms with Crippen molar-refractivity contribution in [2.24, 2.45) is 11.7 Å². The maximum Gasteiger partial charge on any atom is 0.153 e. The molecular formula is C11H24N2O2S. The van der Waals surface area contributed by atoms with Gasteiger partial charge in [-0.3, -0.25) is 0 Å². The van der Waals surface area contributed by atoms with Gasteiger partial charge in [0.1, 0.15) is 0 Å². The van der Waals surface area contributed by atoms with Crippen LogP contribution in [-0.4, -0.2) is 50.5 Å². The van der Waals surface area contributed by atoms with Gasteiger partial charge in [-0.2, -0.15) is 0 Å². The highest BCUT2D eigenvalue weighted by molar-refractivity contribution is 7.92. The largest absolute Gasteiger partial charge is 0.330 e. The highest BCUT2D eigenvalue weighted by Crippen LogP contribution is 2.15. The molecule has 1 aliphatic rings. The zero-order valence-electron chi connectivity index (χ0n) is 10.4. The standard InChI is InChI=1S/C11H24N2O2S/c1-10(2)16(14,15)8-7-13-5-3-11(9-12)4-6-13/h10-11H,3-9,12H2,1-2H3. The number of rotatable bonds is 5. The molecule has 0 unspecified atom stereocenters. The summed E-state index contributed by atoms with van der Waals surface area (Å²) >= 11 is 0. The third kappa shape index (κ3) is 4.03. The molecule has 96 valence electrons. The Morgan fingerprint density at radius 3 is 2.31 bits per heavy atom. The summed E-state index contributed by atoms with van der Waals surface area (Å²) in [7, 11) is -2.88. The predicted molar refractivity (Wildman–Crippen MR) is 67.1 cm³/mol. The lowest BCUT2D eigenvalue weighted by atomic mass is 9.97. The third-order valence-corrected chi connectivity index (χ3v) is 5.64. The molecule has 0 aromatic carbocycles. The Morgan fingerprint density at radius 2 is 1.88 bits per heavy atom. The van der Waals surface area contributed by atoms with Gasteiger partial charge in [-0.05, 0) is 52.2 Å². The number of piperidine rings is 1. The van der Waals surface area contributed by atoms with E-state index >= 15 is 0 Å². The molecule has 1 saturated heterocycles. The second-order valence-electron chi connectivity index (χ2n) is 4.94. The summed E-state index contributed by atoms with van der Waals surface area (Å²) in [6.07, 6.45) is 2.22. The average Bonchev–Trinajstić information content (AvgIpc) is 2.27. The lowest BCUT2D eigenvalue weighted by Crippen LogP contribution is -2.39. The topological polar surface area (TPSA) is 63.4 Å². The fourth-order valence-electron chi connectivity index (χ4n) is 1.94. The molecule has 0 bridgehead atoms. The highest BCUT2D eigenvalue weighted by atomic mass is 32.2. The number of hydrogen-bond donors (Lipinski definition) is 1. The third-order valence-electron chi connectivity index (χ3n) is 3.45. The molecule has 16 heavy (non-hydrogen) atoms. The molecule has 1 aliphatic heterocycles. The Balaban J connectivity index is 2.30. The van der Waals surface area contributed by atoms with Crippen molar-refractivity contribution < 1.29 is 8.42 Å². The van der Waals surface area contributed by atoms with Crippen LogP contribution in [0.3, 0.4) is 0 Å². The van der Waals surface area contributed by atoms with Crippen molar-refractivity contribution in [3.8, 4) is 0 Å². The van der Waals surface area contributed by atoms with Crippen LogP contribution in [0.15, 0.2) is 0 Å². The quantitative estimate of drug-likeness (QED) is 0.768. The van der Waals surface area contributed by atoms with E-state index in [-0.39, 0.29) is 11.0 Å². The van der Waals surface area contributed by atoms with E-state index in [1.54, 1.807) is 13.8 Å². The van der Waals surface area contributed by atoms with E-state index in [2.05, 4.69) is 4.90 Å². The fraction of sp³-hybridized carbons (Fsp3) is 1.00. The minimum atomic E-state index is -2.88. The molecule has 2 N–H and O–H groups in total. The van der Waals surface area contributed by atoms with Crippen molar-refractivity contribution in [1.82, 2.24) is 4.90 Å². The zero-order chi connectivity index (χ0) is 12.2. The molecule has 0 saturated carbocycles. The summed E-state index contributed by atoms with van der Waals surface area (Å²) in [4.78, 5) is 2.24. The van der Waals surface area contributed by atoms with Crippen LogP contribution in [0.1, 0.15) is 26.7 Å². The van der Waals surface area contributed by atoms with Crippen LogP contribution < -0.4 is 5.73 Å². The van der Waals surface area contributed by atoms with Crippen LogP contribution in [0.2, 0.25) is 0 Å². The highest BCUT2D eigenvalue weighted by Gasteiger charge is 2.21. The van der Waals surface area contributed by atoms with E-state index in [0.717, 1.165) is 32.5 Å². The maximum absolute atomic E-state index is 11.6. The van der Waals surface area contributed by atoms with Gasteiger partial charge in [0.2, 0.25) is 0 Å². The van der Waals surface area contributed by atoms with E-state index in [4.69, 9.17) is 5.73 Å². The van der Waals surface area contributed by atoms with Crippen LogP contribution in [0.25, 0.3) is 0 Å². The second kappa shape index (κ2) is 5.98. The monoisotopic (exact) mass is 248 g/mol. The molecule has 1 fully saturated rings. The van der Waals surface area contributed by atoms with Crippen molar-refractivity contribution in [1.29, 1.82) is 0 Å². The molecule has 0 spiro atoms. The molecule has 0 aromatic rings. The Bertz CT molecular complexity index is 293. The molecule has 0 atom stereocenters. The van der Waals surface area contributed by atoms with Gasteiger partial charge >= 0.3 is 0 Å². The first-order valence-electron chi connectivity index (χ1n) is 6.09. The van der Waals surface area contributed by atoms with Gasteiger partial charge in [0.05, 0.1) is 11.0 Å². The average molecular weight is 248 g/mol. The smallest absolute Gasteiger partial charge is 0.153 e. The van der Waals surface area contributed by atoms with Gasteiger partial charge in [-0.1, -0.05) is 0 Å². The van der Waals surface area contributed by atoms with Gasteiger partial charge in [-0.25, -0.2) is 8.42 Å². The Labute approximate surface area is 99.1 Å². The first kappa shape index (κ1) is 13.9. The molecule has 0 aromatic heterocycles. The number of nitrogens with zero attached hydrogens (tertiary/aromatic N) is 1. The van der Waals surface area contributed by atoms with Crippen LogP contribution >= 0.6 is 0 Å². The number of nitrogens with two attached hydrogens (primary N) is 1. The summed E-state index contributed by atoms with van der Waals surface area (Å²) in [5.74, 6) is 0.927. The molecule has 4 nitrogen and oxygen atoms in total. The van der Waals surface area contributed by atoms with Gasteiger partial charge in [-0.15, -0.1) is 0 Å². The van der Waals surface area contributed by atoms with Gasteiger partial charge in [0.15, 0.2) is 9.84 Å². The first-order chi connectivity index (χ1) is 7.45. The lowest BCUT2D eigenvalue weighted by molar-refractivity contribution is 0.196. The lowest BCUT2D eigenvalue weighted by Gasteiger charge is -2.31. The number of hydrogen-bond acceptors (Lipinski definition) is 4. The van der Waals surface area contributed by atoms with E-state index in [1.807, 2.05) is 0 Å². The molecule has 1 heterocycles. The zero-order valence-corrected chi connectivity index (χ0v) is 11.2. The number of sulfone groups is 1. The van der Waals surface area contributed by atoms with E-state index < -0.39 is 9.84 Å².